The molecule has 0 saturated heterocycles. The monoisotopic (exact) mass is 726 g/mol. The van der Waals surface area contributed by atoms with Crippen molar-refractivity contribution >= 4 is 62.5 Å². The third-order valence-electron chi connectivity index (χ3n) is 11.2. The molecule has 0 fully saturated rings. The molecule has 56 heavy (non-hydrogen) atoms. The molecule has 7 aromatic rings. The highest BCUT2D eigenvalue weighted by atomic mass is 16.3. The number of hydrogen-bond donors (Lipinski definition) is 0. The van der Waals surface area contributed by atoms with E-state index in [0.29, 0.717) is 11.6 Å². The minimum Gasteiger partial charge on any atom is -0.454 e. The van der Waals surface area contributed by atoms with Crippen LogP contribution in [0.25, 0.3) is 96.2 Å². The van der Waals surface area contributed by atoms with Gasteiger partial charge in [-0.25, -0.2) is 9.97 Å². The number of allylic oxidation sites excluding steroid dienone is 6. The molecule has 0 unspecified atom stereocenters. The predicted octanol–water partition coefficient (Wildman–Crippen LogP) is 14.9. The number of aromatic nitrogens is 2. The van der Waals surface area contributed by atoms with Crippen molar-refractivity contribution in [2.75, 3.05) is 0 Å². The Kier molecular flexibility index (Phi) is 9.53. The zero-order chi connectivity index (χ0) is 38.2. The van der Waals surface area contributed by atoms with Gasteiger partial charge in [-0.3, -0.25) is 0 Å². The van der Waals surface area contributed by atoms with Gasteiger partial charge in [0.15, 0.2) is 11.4 Å². The molecule has 3 heteroatoms. The number of hydrogen-bond acceptors (Lipinski definition) is 3. The first kappa shape index (κ1) is 35.4. The third-order valence-corrected chi connectivity index (χ3v) is 11.2. The highest BCUT2D eigenvalue weighted by Crippen LogP contribution is 2.41. The Balaban J connectivity index is 0.00000133. The smallest absolute Gasteiger partial charge is 0.161 e. The number of fused-ring (bicyclic) bond motifs is 9. The highest BCUT2D eigenvalue weighted by Gasteiger charge is 2.22. The van der Waals surface area contributed by atoms with Crippen molar-refractivity contribution in [1.29, 1.82) is 0 Å². The first-order chi connectivity index (χ1) is 27.6. The van der Waals surface area contributed by atoms with Crippen LogP contribution in [-0.2, 0) is 12.8 Å². The second kappa shape index (κ2) is 15.1. The number of nitrogens with zero attached hydrogens (tertiary/aromatic N) is 2. The number of benzene rings is 5. The standard InChI is InChI=1S/C50H38N2O.C3H8/c1-3-37-43-26-27-44-47(31-14-6-5-7-15-31)51-50(52-48(44)49(43)53-46(37)4-2)36-19-13-18-34(29-36)32-16-12-17-33(28-32)35-24-25-42-40-22-9-8-20-38(40)39-21-10-11-23-41(39)45(42)30-35;1-3-2/h3-4,6,9,11-19,22-30H,1-2,5,7-8,10,20-21H2;3H2,1-2H3. The van der Waals surface area contributed by atoms with Gasteiger partial charge in [-0.2, -0.15) is 0 Å². The topological polar surface area (TPSA) is 38.9 Å². The molecule has 0 atom stereocenters. The summed E-state index contributed by atoms with van der Waals surface area (Å²) < 4.78 is 6.39. The molecule has 10 rings (SSSR count). The maximum atomic E-state index is 6.39. The molecule has 274 valence electrons. The average molecular weight is 727 g/mol. The van der Waals surface area contributed by atoms with E-state index in [1.54, 1.807) is 17.2 Å². The molecular formula is C53H46N2O. The lowest BCUT2D eigenvalue weighted by atomic mass is 9.80. The molecule has 3 nitrogen and oxygen atoms in total. The first-order valence-corrected chi connectivity index (χ1v) is 20.1. The second-order valence-electron chi connectivity index (χ2n) is 15.0. The van der Waals surface area contributed by atoms with Crippen molar-refractivity contribution in [1.82, 2.24) is 9.97 Å². The van der Waals surface area contributed by atoms with Crippen LogP contribution in [0.5, 0.6) is 0 Å². The van der Waals surface area contributed by atoms with Gasteiger partial charge in [0, 0.05) is 21.9 Å². The summed E-state index contributed by atoms with van der Waals surface area (Å²) in [4.78, 5) is 10.5. The molecule has 0 aliphatic heterocycles. The fraction of sp³-hybridized carbons (Fsp3) is 0.170. The van der Waals surface area contributed by atoms with Crippen LogP contribution in [0.2, 0.25) is 0 Å². The summed E-state index contributed by atoms with van der Waals surface area (Å²) in [7, 11) is 0. The molecule has 0 amide bonds. The van der Waals surface area contributed by atoms with E-state index < -0.39 is 0 Å². The first-order valence-electron chi connectivity index (χ1n) is 20.1. The van der Waals surface area contributed by atoms with E-state index >= 15 is 0 Å². The maximum absolute atomic E-state index is 6.39. The second-order valence-corrected chi connectivity index (χ2v) is 15.0. The zero-order valence-corrected chi connectivity index (χ0v) is 32.4. The van der Waals surface area contributed by atoms with Crippen molar-refractivity contribution in [3.8, 4) is 33.6 Å². The van der Waals surface area contributed by atoms with Crippen LogP contribution in [0.4, 0.5) is 0 Å². The summed E-state index contributed by atoms with van der Waals surface area (Å²) in [6.45, 7) is 12.3. The van der Waals surface area contributed by atoms with Crippen molar-refractivity contribution in [2.24, 2.45) is 0 Å². The Bertz CT molecular complexity index is 2840. The fourth-order valence-electron chi connectivity index (χ4n) is 8.64. The summed E-state index contributed by atoms with van der Waals surface area (Å²) in [5.74, 6) is 1.36. The SMILES string of the molecule is C=Cc1oc2c(ccc3c(C4=CCCC=C4)nc(-c4cccc(-c5cccc(-c6ccc7c8c(c9c(c7c6)C=CCC9)CCC=C8)c5)c4)nc32)c1C=C.CCC. The Labute approximate surface area is 329 Å². The number of rotatable bonds is 6. The molecule has 0 saturated carbocycles. The van der Waals surface area contributed by atoms with E-state index in [9.17, 15) is 0 Å². The van der Waals surface area contributed by atoms with Gasteiger partial charge in [0.2, 0.25) is 0 Å². The lowest BCUT2D eigenvalue weighted by Gasteiger charge is -2.24. The van der Waals surface area contributed by atoms with Crippen LogP contribution < -0.4 is 0 Å². The van der Waals surface area contributed by atoms with E-state index in [2.05, 4.69) is 148 Å². The lowest BCUT2D eigenvalue weighted by Crippen LogP contribution is -2.07. The lowest BCUT2D eigenvalue weighted by molar-refractivity contribution is 0.606. The minimum absolute atomic E-state index is 0.666. The summed E-state index contributed by atoms with van der Waals surface area (Å²) in [6, 6.07) is 28.7. The van der Waals surface area contributed by atoms with Crippen LogP contribution in [0.1, 0.15) is 85.2 Å². The quantitative estimate of drug-likeness (QED) is 0.171. The van der Waals surface area contributed by atoms with Crippen LogP contribution in [0.3, 0.4) is 0 Å². The third kappa shape index (κ3) is 6.18. The van der Waals surface area contributed by atoms with Gasteiger partial charge in [-0.1, -0.05) is 131 Å². The minimum atomic E-state index is 0.666. The van der Waals surface area contributed by atoms with Crippen molar-refractivity contribution < 1.29 is 4.42 Å². The number of furan rings is 1. The maximum Gasteiger partial charge on any atom is 0.161 e. The molecule has 2 aromatic heterocycles. The molecule has 0 bridgehead atoms. The molecule has 5 aromatic carbocycles. The summed E-state index contributed by atoms with van der Waals surface area (Å²) >= 11 is 0. The molecule has 3 aliphatic carbocycles. The summed E-state index contributed by atoms with van der Waals surface area (Å²) in [5.41, 5.74) is 16.0. The van der Waals surface area contributed by atoms with E-state index in [1.807, 2.05) is 6.08 Å². The van der Waals surface area contributed by atoms with E-state index in [1.165, 1.54) is 39.4 Å². The van der Waals surface area contributed by atoms with Crippen LogP contribution in [0.15, 0.2) is 127 Å². The molecule has 3 aliphatic rings. The van der Waals surface area contributed by atoms with Crippen LogP contribution >= 0.6 is 0 Å². The average Bonchev–Trinajstić information content (AvgIpc) is 3.65. The van der Waals surface area contributed by atoms with Gasteiger partial charge in [-0.15, -0.1) is 0 Å². The van der Waals surface area contributed by atoms with E-state index in [-0.39, 0.29) is 0 Å². The van der Waals surface area contributed by atoms with Crippen molar-refractivity contribution in [2.45, 2.75) is 58.8 Å². The zero-order valence-electron chi connectivity index (χ0n) is 32.4. The van der Waals surface area contributed by atoms with Gasteiger partial charge in [0.25, 0.3) is 0 Å². The Hall–Kier alpha value is -6.32. The van der Waals surface area contributed by atoms with Crippen LogP contribution in [0, 0.1) is 0 Å². The predicted molar refractivity (Wildman–Crippen MR) is 240 cm³/mol. The fourth-order valence-corrected chi connectivity index (χ4v) is 8.64. The molecule has 0 radical (unpaired) electrons. The molecule has 0 N–H and O–H groups in total. The van der Waals surface area contributed by atoms with Gasteiger partial charge in [-0.05, 0) is 136 Å². The van der Waals surface area contributed by atoms with Gasteiger partial charge < -0.3 is 4.42 Å². The van der Waals surface area contributed by atoms with Crippen LogP contribution in [-0.4, -0.2) is 9.97 Å². The Morgan fingerprint density at radius 3 is 1.88 bits per heavy atom. The normalized spacial score (nSPS) is 14.3. The van der Waals surface area contributed by atoms with Crippen molar-refractivity contribution in [3.05, 3.63) is 162 Å². The van der Waals surface area contributed by atoms with Gasteiger partial charge >= 0.3 is 0 Å². The Morgan fingerprint density at radius 1 is 0.607 bits per heavy atom. The molecular weight excluding hydrogens is 681 g/mol. The summed E-state index contributed by atoms with van der Waals surface area (Å²) in [6.07, 6.45) is 27.4. The highest BCUT2D eigenvalue weighted by molar-refractivity contribution is 6.09. The van der Waals surface area contributed by atoms with Gasteiger partial charge in [0.1, 0.15) is 11.3 Å². The summed E-state index contributed by atoms with van der Waals surface area (Å²) in [5, 5.41) is 4.64. The largest absolute Gasteiger partial charge is 0.454 e. The van der Waals surface area contributed by atoms with Crippen molar-refractivity contribution in [3.63, 3.8) is 0 Å². The Morgan fingerprint density at radius 2 is 1.21 bits per heavy atom. The van der Waals surface area contributed by atoms with E-state index in [4.69, 9.17) is 14.4 Å². The molecule has 2 heterocycles. The molecule has 0 spiro atoms. The van der Waals surface area contributed by atoms with E-state index in [0.717, 1.165) is 93.9 Å². The van der Waals surface area contributed by atoms with Gasteiger partial charge in [0.05, 0.1) is 5.69 Å².